The van der Waals surface area contributed by atoms with E-state index in [0.29, 0.717) is 24.3 Å². The van der Waals surface area contributed by atoms with Gasteiger partial charge in [0.2, 0.25) is 5.91 Å². The van der Waals surface area contributed by atoms with Crippen LogP contribution in [-0.2, 0) is 23.9 Å². The van der Waals surface area contributed by atoms with Crippen molar-refractivity contribution in [1.29, 1.82) is 0 Å². The summed E-state index contributed by atoms with van der Waals surface area (Å²) in [4.78, 5) is 44.9. The van der Waals surface area contributed by atoms with Gasteiger partial charge in [-0.15, -0.1) is 13.2 Å². The number of rotatable bonds is 11. The minimum absolute atomic E-state index is 0.114. The van der Waals surface area contributed by atoms with Crippen LogP contribution in [0.1, 0.15) is 33.6 Å². The van der Waals surface area contributed by atoms with Crippen LogP contribution in [0, 0.1) is 17.8 Å². The first-order chi connectivity index (χ1) is 18.1. The zero-order valence-electron chi connectivity index (χ0n) is 22.6. The van der Waals surface area contributed by atoms with Gasteiger partial charge in [-0.25, -0.2) is 0 Å². The number of amides is 2. The minimum atomic E-state index is -1.24. The molecule has 4 rings (SSSR count). The van der Waals surface area contributed by atoms with Crippen molar-refractivity contribution in [3.8, 4) is 5.75 Å². The first kappa shape index (κ1) is 27.9. The van der Waals surface area contributed by atoms with Gasteiger partial charge in [0.15, 0.2) is 0 Å². The van der Waals surface area contributed by atoms with Gasteiger partial charge in [0.05, 0.1) is 37.9 Å². The molecule has 0 aliphatic carbocycles. The summed E-state index contributed by atoms with van der Waals surface area (Å²) in [5, 5.41) is 10.1. The van der Waals surface area contributed by atoms with Crippen molar-refractivity contribution in [3.63, 3.8) is 0 Å². The van der Waals surface area contributed by atoms with E-state index in [-0.39, 0.29) is 37.5 Å². The molecule has 1 aromatic carbocycles. The highest BCUT2D eigenvalue weighted by Gasteiger charge is 2.80. The summed E-state index contributed by atoms with van der Waals surface area (Å²) in [6.45, 7) is 13.0. The van der Waals surface area contributed by atoms with Crippen LogP contribution in [0.2, 0.25) is 0 Å². The smallest absolute Gasteiger partial charge is 0.312 e. The average molecular weight is 527 g/mol. The van der Waals surface area contributed by atoms with E-state index in [1.54, 1.807) is 55.4 Å². The standard InChI is InChI=1S/C29H38N2O7/c1-7-9-15-37-27(35)23-22-25(33)31(19(4)17-32)24(29(22)16-18(3)28(23,5)38-29)26(34)30(14-8-2)20-10-12-21(36-6)13-11-20/h7-8,10-13,18-19,22-24,32H,1-2,9,14-17H2,3-6H3/t18?,19-,22+,23+,24?,28-,29?/m1/s1. The van der Waals surface area contributed by atoms with Crippen molar-refractivity contribution in [2.45, 2.75) is 56.9 Å². The maximum absolute atomic E-state index is 14.5. The third kappa shape index (κ3) is 4.12. The molecule has 1 aromatic rings. The van der Waals surface area contributed by atoms with Gasteiger partial charge in [0.1, 0.15) is 23.3 Å². The molecule has 7 atom stereocenters. The van der Waals surface area contributed by atoms with E-state index in [0.717, 1.165) is 0 Å². The third-order valence-corrected chi connectivity index (χ3v) is 8.51. The number of carbonyl (C=O) groups is 3. The Morgan fingerprint density at radius 1 is 1.29 bits per heavy atom. The van der Waals surface area contributed by atoms with Gasteiger partial charge in [0.25, 0.3) is 5.91 Å². The molecule has 9 heteroatoms. The Kier molecular flexibility index (Phi) is 7.72. The largest absolute Gasteiger partial charge is 0.497 e. The predicted octanol–water partition coefficient (Wildman–Crippen LogP) is 2.72. The number of esters is 1. The second-order valence-electron chi connectivity index (χ2n) is 10.7. The van der Waals surface area contributed by atoms with E-state index in [1.165, 1.54) is 4.90 Å². The molecule has 3 aliphatic rings. The molecule has 2 amide bonds. The number of hydrogen-bond donors (Lipinski definition) is 1. The summed E-state index contributed by atoms with van der Waals surface area (Å²) in [6, 6.07) is 5.33. The number of fused-ring (bicyclic) bond motifs is 1. The highest BCUT2D eigenvalue weighted by molar-refractivity contribution is 6.05. The fraction of sp³-hybridized carbons (Fsp3) is 0.552. The Morgan fingerprint density at radius 3 is 2.55 bits per heavy atom. The number of aliphatic hydroxyl groups excluding tert-OH is 1. The molecule has 3 heterocycles. The number of aliphatic hydroxyl groups is 1. The van der Waals surface area contributed by atoms with Crippen LogP contribution in [0.4, 0.5) is 5.69 Å². The Balaban J connectivity index is 1.80. The molecule has 3 aliphatic heterocycles. The van der Waals surface area contributed by atoms with E-state index in [2.05, 4.69) is 13.2 Å². The van der Waals surface area contributed by atoms with Crippen LogP contribution in [0.25, 0.3) is 0 Å². The maximum atomic E-state index is 14.5. The monoisotopic (exact) mass is 526 g/mol. The molecule has 2 bridgehead atoms. The Bertz CT molecular complexity index is 1100. The molecule has 0 saturated carbocycles. The SMILES string of the molecule is C=CCCOC(=O)[C@@H]1[C@H]2C(=O)N([C@H](C)CO)C(C(=O)N(CC=C)c3ccc(OC)cc3)C23CC(C)[C@@]1(C)O3. The fourth-order valence-corrected chi connectivity index (χ4v) is 6.57. The quantitative estimate of drug-likeness (QED) is 0.269. The zero-order valence-corrected chi connectivity index (χ0v) is 22.6. The van der Waals surface area contributed by atoms with E-state index >= 15 is 0 Å². The zero-order chi connectivity index (χ0) is 27.8. The normalized spacial score (nSPS) is 32.0. The van der Waals surface area contributed by atoms with Gasteiger partial charge < -0.3 is 29.1 Å². The number of nitrogens with zero attached hydrogens (tertiary/aromatic N) is 2. The molecule has 0 aromatic heterocycles. The number of carbonyl (C=O) groups excluding carboxylic acids is 3. The molecular weight excluding hydrogens is 488 g/mol. The van der Waals surface area contributed by atoms with Crippen molar-refractivity contribution in [1.82, 2.24) is 4.90 Å². The van der Waals surface area contributed by atoms with Gasteiger partial charge in [-0.3, -0.25) is 14.4 Å². The van der Waals surface area contributed by atoms with Gasteiger partial charge in [-0.1, -0.05) is 19.1 Å². The number of methoxy groups -OCH3 is 1. The molecule has 3 fully saturated rings. The lowest BCUT2D eigenvalue weighted by Crippen LogP contribution is -2.58. The number of hydrogen-bond acceptors (Lipinski definition) is 7. The van der Waals surface area contributed by atoms with Crippen molar-refractivity contribution in [3.05, 3.63) is 49.6 Å². The minimum Gasteiger partial charge on any atom is -0.497 e. The first-order valence-corrected chi connectivity index (χ1v) is 13.1. The number of likely N-dealkylation sites (tertiary alicyclic amines) is 1. The molecular formula is C29H38N2O7. The first-order valence-electron chi connectivity index (χ1n) is 13.1. The summed E-state index contributed by atoms with van der Waals surface area (Å²) in [7, 11) is 1.56. The lowest BCUT2D eigenvalue weighted by atomic mass is 9.62. The van der Waals surface area contributed by atoms with Crippen LogP contribution in [-0.4, -0.2) is 77.9 Å². The van der Waals surface area contributed by atoms with Crippen LogP contribution < -0.4 is 9.64 Å². The van der Waals surface area contributed by atoms with Crippen molar-refractivity contribution < 1.29 is 33.7 Å². The summed E-state index contributed by atoms with van der Waals surface area (Å²) in [5.41, 5.74) is -1.60. The molecule has 38 heavy (non-hydrogen) atoms. The van der Waals surface area contributed by atoms with Crippen molar-refractivity contribution in [2.75, 3.05) is 31.8 Å². The van der Waals surface area contributed by atoms with Crippen LogP contribution >= 0.6 is 0 Å². The Hall–Kier alpha value is -3.17. The predicted molar refractivity (Wildman–Crippen MR) is 141 cm³/mol. The van der Waals surface area contributed by atoms with Crippen LogP contribution in [0.3, 0.4) is 0 Å². The highest BCUT2D eigenvalue weighted by atomic mass is 16.6. The van der Waals surface area contributed by atoms with Gasteiger partial charge in [0, 0.05) is 12.2 Å². The second kappa shape index (κ2) is 10.5. The lowest BCUT2D eigenvalue weighted by molar-refractivity contribution is -0.162. The topological polar surface area (TPSA) is 106 Å². The summed E-state index contributed by atoms with van der Waals surface area (Å²) >= 11 is 0. The Morgan fingerprint density at radius 2 is 1.97 bits per heavy atom. The van der Waals surface area contributed by atoms with E-state index in [9.17, 15) is 19.5 Å². The molecule has 1 spiro atoms. The van der Waals surface area contributed by atoms with Gasteiger partial charge in [-0.2, -0.15) is 0 Å². The lowest BCUT2D eigenvalue weighted by Gasteiger charge is -2.38. The molecule has 9 nitrogen and oxygen atoms in total. The molecule has 3 saturated heterocycles. The molecule has 1 N–H and O–H groups in total. The highest BCUT2D eigenvalue weighted by Crippen LogP contribution is 2.65. The average Bonchev–Trinajstić information content (AvgIpc) is 3.43. The van der Waals surface area contributed by atoms with Crippen molar-refractivity contribution in [2.24, 2.45) is 17.8 Å². The molecule has 206 valence electrons. The molecule has 3 unspecified atom stereocenters. The summed E-state index contributed by atoms with van der Waals surface area (Å²) in [6.07, 6.45) is 4.18. The van der Waals surface area contributed by atoms with Crippen molar-refractivity contribution >= 4 is 23.5 Å². The number of anilines is 1. The molecule has 0 radical (unpaired) electrons. The fourth-order valence-electron chi connectivity index (χ4n) is 6.57. The maximum Gasteiger partial charge on any atom is 0.312 e. The van der Waals surface area contributed by atoms with Gasteiger partial charge >= 0.3 is 5.97 Å². The number of ether oxygens (including phenoxy) is 3. The Labute approximate surface area is 224 Å². The third-order valence-electron chi connectivity index (χ3n) is 8.51. The van der Waals surface area contributed by atoms with E-state index in [4.69, 9.17) is 14.2 Å². The van der Waals surface area contributed by atoms with E-state index < -0.39 is 41.1 Å². The second-order valence-corrected chi connectivity index (χ2v) is 10.7. The van der Waals surface area contributed by atoms with Crippen LogP contribution in [0.15, 0.2) is 49.6 Å². The number of benzene rings is 1. The summed E-state index contributed by atoms with van der Waals surface area (Å²) < 4.78 is 17.5. The van der Waals surface area contributed by atoms with Gasteiger partial charge in [-0.05, 0) is 56.9 Å². The summed E-state index contributed by atoms with van der Waals surface area (Å²) in [5.74, 6) is -2.49. The van der Waals surface area contributed by atoms with Crippen LogP contribution in [0.5, 0.6) is 5.75 Å². The van der Waals surface area contributed by atoms with E-state index in [1.807, 2.05) is 13.8 Å².